The average molecular weight is 418 g/mol. The van der Waals surface area contributed by atoms with Crippen LogP contribution in [-0.2, 0) is 11.3 Å². The van der Waals surface area contributed by atoms with E-state index in [1.165, 1.54) is 6.07 Å². The van der Waals surface area contributed by atoms with Gasteiger partial charge in [-0.1, -0.05) is 0 Å². The third-order valence-electron chi connectivity index (χ3n) is 3.05. The highest BCUT2D eigenvalue weighted by molar-refractivity contribution is 14.1. The second-order valence-electron chi connectivity index (χ2n) is 6.34. The fraction of sp³-hybridized carbons (Fsp3) is 0.438. The van der Waals surface area contributed by atoms with Crippen LogP contribution in [0.4, 0.5) is 9.18 Å². The number of benzene rings is 1. The summed E-state index contributed by atoms with van der Waals surface area (Å²) in [6, 6.07) is 5.10. The summed E-state index contributed by atoms with van der Waals surface area (Å²) in [5, 5.41) is 3.66. The van der Waals surface area contributed by atoms with Gasteiger partial charge in [0.2, 0.25) is 0 Å². The van der Waals surface area contributed by atoms with Gasteiger partial charge in [-0.3, -0.25) is 0 Å². The molecule has 1 aromatic heterocycles. The zero-order valence-corrected chi connectivity index (χ0v) is 15.3. The van der Waals surface area contributed by atoms with Crippen molar-refractivity contribution in [3.05, 3.63) is 33.8 Å². The molecular formula is C16H20FIN2O2. The lowest BCUT2D eigenvalue weighted by atomic mass is 10.2. The lowest BCUT2D eigenvalue weighted by Crippen LogP contribution is -2.39. The van der Waals surface area contributed by atoms with Crippen LogP contribution in [0.5, 0.6) is 0 Å². The molecule has 0 bridgehead atoms. The lowest BCUT2D eigenvalue weighted by molar-refractivity contribution is 0.0504. The highest BCUT2D eigenvalue weighted by atomic mass is 127. The van der Waals surface area contributed by atoms with Crippen LogP contribution < -0.4 is 5.32 Å². The van der Waals surface area contributed by atoms with Crippen molar-refractivity contribution in [3.8, 4) is 0 Å². The van der Waals surface area contributed by atoms with Crippen molar-refractivity contribution in [2.45, 2.75) is 45.9 Å². The summed E-state index contributed by atoms with van der Waals surface area (Å²) in [5.41, 5.74) is 0.432. The zero-order chi connectivity index (χ0) is 16.5. The Morgan fingerprint density at radius 2 is 2.14 bits per heavy atom. The number of ether oxygens (including phenoxy) is 1. The first-order valence-corrected chi connectivity index (χ1v) is 8.17. The predicted octanol–water partition coefficient (Wildman–Crippen LogP) is 4.30. The molecule has 4 nitrogen and oxygen atoms in total. The van der Waals surface area contributed by atoms with E-state index in [1.807, 2.05) is 73.2 Å². The first kappa shape index (κ1) is 17.1. The number of hydrogen-bond donors (Lipinski definition) is 1. The minimum absolute atomic E-state index is 0.104. The van der Waals surface area contributed by atoms with Gasteiger partial charge in [0.25, 0.3) is 0 Å². The summed E-state index contributed by atoms with van der Waals surface area (Å²) in [6.07, 6.45) is 1.46. The molecule has 0 aliphatic carbocycles. The SMILES string of the molecule is CC(Cn1ccc2cc(F)c(I)cc21)NC(=O)OC(C)(C)C. The Balaban J connectivity index is 2.07. The van der Waals surface area contributed by atoms with Crippen molar-refractivity contribution in [1.29, 1.82) is 0 Å². The van der Waals surface area contributed by atoms with Gasteiger partial charge >= 0.3 is 6.09 Å². The maximum absolute atomic E-state index is 13.6. The molecule has 0 spiro atoms. The first-order chi connectivity index (χ1) is 10.2. The van der Waals surface area contributed by atoms with Crippen LogP contribution in [-0.4, -0.2) is 22.3 Å². The van der Waals surface area contributed by atoms with E-state index in [9.17, 15) is 9.18 Å². The smallest absolute Gasteiger partial charge is 0.407 e. The van der Waals surface area contributed by atoms with Crippen molar-refractivity contribution in [2.75, 3.05) is 0 Å². The molecule has 1 N–H and O–H groups in total. The lowest BCUT2D eigenvalue weighted by Gasteiger charge is -2.22. The molecule has 0 saturated carbocycles. The topological polar surface area (TPSA) is 43.3 Å². The number of hydrogen-bond acceptors (Lipinski definition) is 2. The molecule has 22 heavy (non-hydrogen) atoms. The Hall–Kier alpha value is -1.31. The Kier molecular flexibility index (Phi) is 4.99. The molecule has 0 aliphatic rings. The van der Waals surface area contributed by atoms with Crippen LogP contribution >= 0.6 is 22.6 Å². The molecular weight excluding hydrogens is 398 g/mol. The molecule has 0 aliphatic heterocycles. The number of halogens is 2. The van der Waals surface area contributed by atoms with Crippen LogP contribution in [0, 0.1) is 9.39 Å². The molecule has 0 radical (unpaired) electrons. The molecule has 120 valence electrons. The molecule has 2 aromatic rings. The van der Waals surface area contributed by atoms with Crippen molar-refractivity contribution in [1.82, 2.24) is 9.88 Å². The third kappa shape index (κ3) is 4.34. The van der Waals surface area contributed by atoms with E-state index in [4.69, 9.17) is 4.74 Å². The van der Waals surface area contributed by atoms with E-state index in [0.29, 0.717) is 10.1 Å². The molecule has 1 heterocycles. The van der Waals surface area contributed by atoms with Gasteiger partial charge in [0.05, 0.1) is 3.57 Å². The quantitative estimate of drug-likeness (QED) is 0.756. The molecule has 1 aromatic carbocycles. The molecule has 1 atom stereocenters. The van der Waals surface area contributed by atoms with Crippen LogP contribution in [0.1, 0.15) is 27.7 Å². The Labute approximate surface area is 143 Å². The predicted molar refractivity (Wildman–Crippen MR) is 93.4 cm³/mol. The molecule has 6 heteroatoms. The summed E-state index contributed by atoms with van der Waals surface area (Å²) in [4.78, 5) is 11.8. The van der Waals surface area contributed by atoms with Gasteiger partial charge < -0.3 is 14.6 Å². The van der Waals surface area contributed by atoms with Gasteiger partial charge in [-0.05, 0) is 68.5 Å². The molecule has 0 fully saturated rings. The number of carbonyl (C=O) groups is 1. The van der Waals surface area contributed by atoms with E-state index in [-0.39, 0.29) is 11.9 Å². The Morgan fingerprint density at radius 3 is 2.77 bits per heavy atom. The largest absolute Gasteiger partial charge is 0.444 e. The molecule has 1 amide bonds. The number of nitrogens with zero attached hydrogens (tertiary/aromatic N) is 1. The van der Waals surface area contributed by atoms with Crippen LogP contribution in [0.2, 0.25) is 0 Å². The van der Waals surface area contributed by atoms with Crippen LogP contribution in [0.25, 0.3) is 10.9 Å². The second kappa shape index (κ2) is 6.44. The monoisotopic (exact) mass is 418 g/mol. The molecule has 1 unspecified atom stereocenters. The molecule has 0 saturated heterocycles. The fourth-order valence-electron chi connectivity index (χ4n) is 2.19. The highest BCUT2D eigenvalue weighted by Gasteiger charge is 2.18. The second-order valence-corrected chi connectivity index (χ2v) is 7.50. The van der Waals surface area contributed by atoms with Gasteiger partial charge in [0.15, 0.2) is 0 Å². The summed E-state index contributed by atoms with van der Waals surface area (Å²) in [5.74, 6) is -0.217. The summed E-state index contributed by atoms with van der Waals surface area (Å²) in [6.45, 7) is 7.97. The van der Waals surface area contributed by atoms with Crippen molar-refractivity contribution in [2.24, 2.45) is 0 Å². The third-order valence-corrected chi connectivity index (χ3v) is 3.87. The van der Waals surface area contributed by atoms with Crippen molar-refractivity contribution < 1.29 is 13.9 Å². The Bertz CT molecular complexity index is 691. The normalized spacial score (nSPS) is 13.2. The Morgan fingerprint density at radius 1 is 1.45 bits per heavy atom. The van der Waals surface area contributed by atoms with E-state index < -0.39 is 11.7 Å². The van der Waals surface area contributed by atoms with Crippen LogP contribution in [0.3, 0.4) is 0 Å². The highest BCUT2D eigenvalue weighted by Crippen LogP contribution is 2.22. The number of carbonyl (C=O) groups excluding carboxylic acids is 1. The van der Waals surface area contributed by atoms with Crippen molar-refractivity contribution in [3.63, 3.8) is 0 Å². The van der Waals surface area contributed by atoms with Gasteiger partial charge in [0, 0.05) is 29.7 Å². The van der Waals surface area contributed by atoms with Crippen molar-refractivity contribution >= 4 is 39.6 Å². The summed E-state index contributed by atoms with van der Waals surface area (Å²) < 4.78 is 21.4. The molecule has 2 rings (SSSR count). The average Bonchev–Trinajstić information content (AvgIpc) is 2.70. The van der Waals surface area contributed by atoms with E-state index >= 15 is 0 Å². The number of amides is 1. The number of fused-ring (bicyclic) bond motifs is 1. The number of rotatable bonds is 3. The van der Waals surface area contributed by atoms with Gasteiger partial charge in [0.1, 0.15) is 11.4 Å². The zero-order valence-electron chi connectivity index (χ0n) is 13.1. The number of alkyl carbamates (subject to hydrolysis) is 1. The van der Waals surface area contributed by atoms with Gasteiger partial charge in [-0.15, -0.1) is 0 Å². The maximum atomic E-state index is 13.6. The van der Waals surface area contributed by atoms with Gasteiger partial charge in [-0.2, -0.15) is 0 Å². The summed E-state index contributed by atoms with van der Waals surface area (Å²) in [7, 11) is 0. The summed E-state index contributed by atoms with van der Waals surface area (Å²) >= 11 is 1.98. The number of aromatic nitrogens is 1. The minimum atomic E-state index is -0.516. The fourth-order valence-corrected chi connectivity index (χ4v) is 2.64. The first-order valence-electron chi connectivity index (χ1n) is 7.09. The maximum Gasteiger partial charge on any atom is 0.407 e. The van der Waals surface area contributed by atoms with E-state index in [1.54, 1.807) is 0 Å². The van der Waals surface area contributed by atoms with Crippen LogP contribution in [0.15, 0.2) is 24.4 Å². The minimum Gasteiger partial charge on any atom is -0.444 e. The van der Waals surface area contributed by atoms with Gasteiger partial charge in [-0.25, -0.2) is 9.18 Å². The number of nitrogens with one attached hydrogen (secondary N) is 1. The van der Waals surface area contributed by atoms with E-state index in [0.717, 1.165) is 10.9 Å². The standard InChI is InChI=1S/C16H20FIN2O2/c1-10(19-15(21)22-16(2,3)4)9-20-6-5-11-7-12(17)13(18)8-14(11)20/h5-8,10H,9H2,1-4H3,(H,19,21). The van der Waals surface area contributed by atoms with E-state index in [2.05, 4.69) is 5.32 Å².